The van der Waals surface area contributed by atoms with E-state index in [1.165, 1.54) is 55.3 Å². The van der Waals surface area contributed by atoms with Gasteiger partial charge in [0.2, 0.25) is 0 Å². The molecule has 10 aromatic carbocycles. The number of fused-ring (bicyclic) bond motifs is 4. The molecule has 0 fully saturated rings. The summed E-state index contributed by atoms with van der Waals surface area (Å²) in [4.78, 5) is 4.74. The quantitative estimate of drug-likeness (QED) is 0.144. The van der Waals surface area contributed by atoms with Crippen LogP contribution in [0.2, 0.25) is 0 Å². The van der Waals surface area contributed by atoms with Gasteiger partial charge in [0.1, 0.15) is 0 Å². The summed E-state index contributed by atoms with van der Waals surface area (Å²) in [5, 5.41) is 2.49. The predicted molar refractivity (Wildman–Crippen MR) is 256 cm³/mol. The van der Waals surface area contributed by atoms with Gasteiger partial charge in [-0.2, -0.15) is 0 Å². The van der Waals surface area contributed by atoms with Crippen molar-refractivity contribution in [2.45, 2.75) is 5.41 Å². The van der Waals surface area contributed by atoms with Crippen molar-refractivity contribution in [3.05, 3.63) is 277 Å². The third-order valence-corrected chi connectivity index (χ3v) is 12.3. The lowest BCUT2D eigenvalue weighted by atomic mass is 9.67. The van der Waals surface area contributed by atoms with Crippen molar-refractivity contribution in [1.29, 1.82) is 0 Å². The highest BCUT2D eigenvalue weighted by molar-refractivity contribution is 5.90. The molecule has 0 unspecified atom stereocenters. The van der Waals surface area contributed by atoms with Crippen LogP contribution < -0.4 is 9.80 Å². The van der Waals surface area contributed by atoms with Gasteiger partial charge in [-0.25, -0.2) is 0 Å². The van der Waals surface area contributed by atoms with E-state index in [4.69, 9.17) is 0 Å². The zero-order valence-electron chi connectivity index (χ0n) is 33.6. The standard InChI is InChI=1S/C59H42N2/c1-4-20-47(21-5-1)59(57-32-14-12-30-55(57)56-31-13-15-33-58(56)59)48-22-16-27-52(41-48)61(50-25-8-3-9-26-50)54-29-17-28-53(42-54)60(49-23-6-2-7-24-49)51-38-36-44(37-39-51)46-35-34-43-18-10-11-19-45(43)40-46/h1-42H. The minimum atomic E-state index is -0.502. The smallest absolute Gasteiger partial charge is 0.0714 e. The molecular weight excluding hydrogens is 737 g/mol. The summed E-state index contributed by atoms with van der Waals surface area (Å²) in [6.07, 6.45) is 0. The molecule has 288 valence electrons. The Balaban J connectivity index is 1.05. The van der Waals surface area contributed by atoms with E-state index in [2.05, 4.69) is 265 Å². The largest absolute Gasteiger partial charge is 0.310 e. The van der Waals surface area contributed by atoms with Crippen molar-refractivity contribution in [3.8, 4) is 22.3 Å². The second kappa shape index (κ2) is 15.3. The number of anilines is 6. The Morgan fingerprint density at radius 1 is 0.246 bits per heavy atom. The monoisotopic (exact) mass is 778 g/mol. The van der Waals surface area contributed by atoms with Crippen LogP contribution in [0.1, 0.15) is 22.3 Å². The molecule has 0 heterocycles. The summed E-state index contributed by atoms with van der Waals surface area (Å²) in [7, 11) is 0. The van der Waals surface area contributed by atoms with Gasteiger partial charge >= 0.3 is 0 Å². The zero-order valence-corrected chi connectivity index (χ0v) is 33.6. The van der Waals surface area contributed by atoms with Crippen molar-refractivity contribution in [3.63, 3.8) is 0 Å². The molecule has 0 bridgehead atoms. The topological polar surface area (TPSA) is 6.48 Å². The average molecular weight is 779 g/mol. The molecule has 61 heavy (non-hydrogen) atoms. The van der Waals surface area contributed by atoms with Crippen LogP contribution in [0.25, 0.3) is 33.0 Å². The van der Waals surface area contributed by atoms with Gasteiger partial charge in [0.25, 0.3) is 0 Å². The number of hydrogen-bond acceptors (Lipinski definition) is 2. The summed E-state index contributed by atoms with van der Waals surface area (Å²) in [5.41, 5.74) is 16.0. The summed E-state index contributed by atoms with van der Waals surface area (Å²) >= 11 is 0. The summed E-state index contributed by atoms with van der Waals surface area (Å²) in [6, 6.07) is 92.6. The highest BCUT2D eigenvalue weighted by Crippen LogP contribution is 2.56. The first-order chi connectivity index (χ1) is 30.3. The highest BCUT2D eigenvalue weighted by atomic mass is 15.2. The molecule has 2 nitrogen and oxygen atoms in total. The van der Waals surface area contributed by atoms with E-state index in [0.717, 1.165) is 34.1 Å². The minimum Gasteiger partial charge on any atom is -0.310 e. The molecule has 0 aliphatic heterocycles. The summed E-state index contributed by atoms with van der Waals surface area (Å²) in [6.45, 7) is 0. The van der Waals surface area contributed by atoms with E-state index in [1.807, 2.05) is 0 Å². The lowest BCUT2D eigenvalue weighted by molar-refractivity contribution is 0.768. The predicted octanol–water partition coefficient (Wildman–Crippen LogP) is 15.8. The van der Waals surface area contributed by atoms with Crippen LogP contribution in [0, 0.1) is 0 Å². The van der Waals surface area contributed by atoms with Gasteiger partial charge in [0, 0.05) is 34.1 Å². The molecular formula is C59H42N2. The first-order valence-corrected chi connectivity index (χ1v) is 21.0. The van der Waals surface area contributed by atoms with Gasteiger partial charge in [-0.3, -0.25) is 0 Å². The molecule has 1 aliphatic carbocycles. The fourth-order valence-electron chi connectivity index (χ4n) is 9.58. The first-order valence-electron chi connectivity index (χ1n) is 21.0. The molecule has 2 heteroatoms. The lowest BCUT2D eigenvalue weighted by Gasteiger charge is -2.35. The normalized spacial score (nSPS) is 12.4. The number of nitrogens with zero attached hydrogens (tertiary/aromatic N) is 2. The Labute approximate surface area is 357 Å². The van der Waals surface area contributed by atoms with Crippen LogP contribution >= 0.6 is 0 Å². The Bertz CT molecular complexity index is 3090. The first kappa shape index (κ1) is 36.2. The fourth-order valence-corrected chi connectivity index (χ4v) is 9.58. The van der Waals surface area contributed by atoms with Gasteiger partial charge in [0.15, 0.2) is 0 Å². The Morgan fingerprint density at radius 3 is 1.30 bits per heavy atom. The molecule has 0 saturated heterocycles. The zero-order chi connectivity index (χ0) is 40.6. The third kappa shape index (κ3) is 6.29. The van der Waals surface area contributed by atoms with E-state index in [1.54, 1.807) is 0 Å². The van der Waals surface area contributed by atoms with Gasteiger partial charge in [0.05, 0.1) is 5.41 Å². The Hall–Kier alpha value is -7.94. The molecule has 0 amide bonds. The van der Waals surface area contributed by atoms with Crippen LogP contribution in [0.3, 0.4) is 0 Å². The molecule has 10 aromatic rings. The number of para-hydroxylation sites is 2. The molecule has 0 N–H and O–H groups in total. The molecule has 1 aliphatic rings. The molecule has 0 saturated carbocycles. The van der Waals surface area contributed by atoms with Crippen LogP contribution in [0.5, 0.6) is 0 Å². The number of hydrogen-bond donors (Lipinski definition) is 0. The van der Waals surface area contributed by atoms with Gasteiger partial charge in [-0.1, -0.05) is 182 Å². The molecule has 0 atom stereocenters. The highest BCUT2D eigenvalue weighted by Gasteiger charge is 2.46. The Morgan fingerprint density at radius 2 is 0.672 bits per heavy atom. The lowest BCUT2D eigenvalue weighted by Crippen LogP contribution is -2.28. The summed E-state index contributed by atoms with van der Waals surface area (Å²) < 4.78 is 0. The van der Waals surface area contributed by atoms with Crippen molar-refractivity contribution in [2.24, 2.45) is 0 Å². The molecule has 0 aromatic heterocycles. The van der Waals surface area contributed by atoms with Crippen LogP contribution in [-0.2, 0) is 5.41 Å². The second-order valence-corrected chi connectivity index (χ2v) is 15.7. The Kier molecular flexibility index (Phi) is 9.09. The van der Waals surface area contributed by atoms with Crippen molar-refractivity contribution in [1.82, 2.24) is 0 Å². The van der Waals surface area contributed by atoms with Gasteiger partial charge < -0.3 is 9.80 Å². The molecule has 11 rings (SSSR count). The van der Waals surface area contributed by atoms with E-state index in [9.17, 15) is 0 Å². The average Bonchev–Trinajstić information content (AvgIpc) is 3.64. The maximum Gasteiger partial charge on any atom is 0.0714 e. The molecule has 0 spiro atoms. The van der Waals surface area contributed by atoms with Crippen LogP contribution in [0.15, 0.2) is 255 Å². The van der Waals surface area contributed by atoms with Crippen LogP contribution in [-0.4, -0.2) is 0 Å². The SMILES string of the molecule is c1ccc(N(c2ccc(-c3ccc4ccccc4c3)cc2)c2cccc(N(c3ccccc3)c3cccc(C4(c5ccccc5)c5ccccc5-c5ccccc54)c3)c2)cc1. The second-order valence-electron chi connectivity index (χ2n) is 15.7. The van der Waals surface area contributed by atoms with Crippen molar-refractivity contribution in [2.75, 3.05) is 9.80 Å². The number of benzene rings is 10. The van der Waals surface area contributed by atoms with E-state index < -0.39 is 5.41 Å². The summed E-state index contributed by atoms with van der Waals surface area (Å²) in [5.74, 6) is 0. The van der Waals surface area contributed by atoms with Crippen molar-refractivity contribution >= 4 is 44.9 Å². The minimum absolute atomic E-state index is 0.502. The van der Waals surface area contributed by atoms with E-state index >= 15 is 0 Å². The number of rotatable bonds is 9. The maximum atomic E-state index is 2.41. The third-order valence-electron chi connectivity index (χ3n) is 12.3. The van der Waals surface area contributed by atoms with E-state index in [0.29, 0.717) is 0 Å². The fraction of sp³-hybridized carbons (Fsp3) is 0.0169. The van der Waals surface area contributed by atoms with Crippen molar-refractivity contribution < 1.29 is 0 Å². The maximum absolute atomic E-state index is 2.41. The van der Waals surface area contributed by atoms with Crippen LogP contribution in [0.4, 0.5) is 34.1 Å². The van der Waals surface area contributed by atoms with Gasteiger partial charge in [-0.15, -0.1) is 0 Å². The van der Waals surface area contributed by atoms with E-state index in [-0.39, 0.29) is 0 Å². The molecule has 0 radical (unpaired) electrons. The van der Waals surface area contributed by atoms with Gasteiger partial charge in [-0.05, 0) is 128 Å².